The summed E-state index contributed by atoms with van der Waals surface area (Å²) in [6.07, 6.45) is 1.21. The molecular formula is C17H26N2O. The molecule has 0 spiro atoms. The molecule has 2 aliphatic heterocycles. The summed E-state index contributed by atoms with van der Waals surface area (Å²) in [7, 11) is 0. The van der Waals surface area contributed by atoms with E-state index in [4.69, 9.17) is 4.74 Å². The van der Waals surface area contributed by atoms with Crippen molar-refractivity contribution in [2.45, 2.75) is 32.9 Å². The van der Waals surface area contributed by atoms with Crippen LogP contribution in [-0.4, -0.2) is 32.3 Å². The van der Waals surface area contributed by atoms with Crippen LogP contribution in [0.5, 0.6) is 0 Å². The van der Waals surface area contributed by atoms with E-state index in [0.717, 1.165) is 32.8 Å². The molecule has 0 amide bonds. The van der Waals surface area contributed by atoms with Crippen LogP contribution in [0.1, 0.15) is 25.8 Å². The molecule has 0 aromatic heterocycles. The lowest BCUT2D eigenvalue weighted by atomic mass is 10.0. The van der Waals surface area contributed by atoms with Crippen molar-refractivity contribution >= 4 is 5.69 Å². The highest BCUT2D eigenvalue weighted by Crippen LogP contribution is 2.27. The maximum absolute atomic E-state index is 5.55. The predicted molar refractivity (Wildman–Crippen MR) is 83.0 cm³/mol. The minimum atomic E-state index is 0.560. The average molecular weight is 274 g/mol. The predicted octanol–water partition coefficient (Wildman–Crippen LogP) is 2.66. The van der Waals surface area contributed by atoms with E-state index in [9.17, 15) is 0 Å². The molecule has 2 atom stereocenters. The number of fused-ring (bicyclic) bond motifs is 1. The van der Waals surface area contributed by atoms with Crippen molar-refractivity contribution in [3.8, 4) is 0 Å². The van der Waals surface area contributed by atoms with Crippen molar-refractivity contribution in [1.82, 2.24) is 5.32 Å². The van der Waals surface area contributed by atoms with Gasteiger partial charge in [-0.2, -0.15) is 0 Å². The van der Waals surface area contributed by atoms with Gasteiger partial charge in [0.2, 0.25) is 0 Å². The number of ether oxygens (including phenoxy) is 1. The highest BCUT2D eigenvalue weighted by atomic mass is 16.5. The van der Waals surface area contributed by atoms with Crippen LogP contribution in [0, 0.1) is 11.8 Å². The number of nitrogens with one attached hydrogen (secondary N) is 1. The molecule has 1 aromatic carbocycles. The summed E-state index contributed by atoms with van der Waals surface area (Å²) in [6.45, 7) is 9.70. The number of hydrogen-bond donors (Lipinski definition) is 1. The SMILES string of the molecule is CC(C)C1CN(CC2CCOC2)c2ccccc2CN1. The molecule has 3 nitrogen and oxygen atoms in total. The Morgan fingerprint density at radius 3 is 2.95 bits per heavy atom. The molecule has 1 aromatic rings. The van der Waals surface area contributed by atoms with Gasteiger partial charge in [0.05, 0.1) is 6.61 Å². The minimum Gasteiger partial charge on any atom is -0.381 e. The Hall–Kier alpha value is -1.06. The second-order valence-corrected chi connectivity index (χ2v) is 6.49. The van der Waals surface area contributed by atoms with Crippen LogP contribution in [0.3, 0.4) is 0 Å². The van der Waals surface area contributed by atoms with Gasteiger partial charge in [0.15, 0.2) is 0 Å². The molecular weight excluding hydrogens is 248 g/mol. The van der Waals surface area contributed by atoms with Crippen LogP contribution in [0.2, 0.25) is 0 Å². The summed E-state index contributed by atoms with van der Waals surface area (Å²) in [5, 5.41) is 3.72. The van der Waals surface area contributed by atoms with Crippen LogP contribution < -0.4 is 10.2 Å². The van der Waals surface area contributed by atoms with Crippen molar-refractivity contribution in [3.05, 3.63) is 29.8 Å². The van der Waals surface area contributed by atoms with E-state index < -0.39 is 0 Å². The second kappa shape index (κ2) is 6.15. The molecule has 1 fully saturated rings. The van der Waals surface area contributed by atoms with Gasteiger partial charge in [-0.25, -0.2) is 0 Å². The zero-order chi connectivity index (χ0) is 13.9. The fourth-order valence-electron chi connectivity index (χ4n) is 3.27. The summed E-state index contributed by atoms with van der Waals surface area (Å²) in [4.78, 5) is 2.58. The molecule has 20 heavy (non-hydrogen) atoms. The van der Waals surface area contributed by atoms with Crippen LogP contribution in [0.4, 0.5) is 5.69 Å². The Bertz CT molecular complexity index is 440. The molecule has 2 aliphatic rings. The van der Waals surface area contributed by atoms with Gasteiger partial charge in [0.25, 0.3) is 0 Å². The van der Waals surface area contributed by atoms with Crippen molar-refractivity contribution in [1.29, 1.82) is 0 Å². The number of para-hydroxylation sites is 1. The third-order valence-electron chi connectivity index (χ3n) is 4.61. The third-order valence-corrected chi connectivity index (χ3v) is 4.61. The van der Waals surface area contributed by atoms with Crippen LogP contribution in [0.15, 0.2) is 24.3 Å². The molecule has 110 valence electrons. The smallest absolute Gasteiger partial charge is 0.0512 e. The van der Waals surface area contributed by atoms with Gasteiger partial charge in [0, 0.05) is 43.9 Å². The molecule has 2 unspecified atom stereocenters. The Morgan fingerprint density at radius 2 is 2.20 bits per heavy atom. The van der Waals surface area contributed by atoms with E-state index >= 15 is 0 Å². The van der Waals surface area contributed by atoms with Gasteiger partial charge in [-0.05, 0) is 24.0 Å². The van der Waals surface area contributed by atoms with Crippen molar-refractivity contribution in [2.24, 2.45) is 11.8 Å². The lowest BCUT2D eigenvalue weighted by molar-refractivity contribution is 0.186. The minimum absolute atomic E-state index is 0.560. The van der Waals surface area contributed by atoms with Crippen molar-refractivity contribution in [3.63, 3.8) is 0 Å². The standard InChI is InChI=1S/C17H26N2O/c1-13(2)16-11-19(10-14-7-8-20-12-14)17-6-4-3-5-15(17)9-18-16/h3-6,13-14,16,18H,7-12H2,1-2H3. The van der Waals surface area contributed by atoms with Gasteiger partial charge in [-0.15, -0.1) is 0 Å². The summed E-state index contributed by atoms with van der Waals surface area (Å²) in [5.74, 6) is 1.35. The fourth-order valence-corrected chi connectivity index (χ4v) is 3.27. The van der Waals surface area contributed by atoms with Gasteiger partial charge >= 0.3 is 0 Å². The second-order valence-electron chi connectivity index (χ2n) is 6.49. The molecule has 2 heterocycles. The molecule has 3 rings (SSSR count). The lowest BCUT2D eigenvalue weighted by Gasteiger charge is -2.31. The van der Waals surface area contributed by atoms with Crippen LogP contribution in [0.25, 0.3) is 0 Å². The molecule has 0 saturated carbocycles. The summed E-state index contributed by atoms with van der Waals surface area (Å²) < 4.78 is 5.55. The quantitative estimate of drug-likeness (QED) is 0.917. The molecule has 3 heteroatoms. The van der Waals surface area contributed by atoms with E-state index in [2.05, 4.69) is 48.3 Å². The fraction of sp³-hybridized carbons (Fsp3) is 0.647. The van der Waals surface area contributed by atoms with Gasteiger partial charge in [0.1, 0.15) is 0 Å². The normalized spacial score (nSPS) is 26.6. The first kappa shape index (κ1) is 13.9. The van der Waals surface area contributed by atoms with E-state index in [1.807, 2.05) is 0 Å². The number of benzene rings is 1. The van der Waals surface area contributed by atoms with Gasteiger partial charge in [-0.3, -0.25) is 0 Å². The van der Waals surface area contributed by atoms with Gasteiger partial charge in [-0.1, -0.05) is 32.0 Å². The summed E-state index contributed by atoms with van der Waals surface area (Å²) >= 11 is 0. The zero-order valence-electron chi connectivity index (χ0n) is 12.6. The Balaban J connectivity index is 1.82. The summed E-state index contributed by atoms with van der Waals surface area (Å²) in [5.41, 5.74) is 2.84. The largest absolute Gasteiger partial charge is 0.381 e. The van der Waals surface area contributed by atoms with Crippen molar-refractivity contribution < 1.29 is 4.74 Å². The Labute approximate surface area is 122 Å². The highest BCUT2D eigenvalue weighted by molar-refractivity contribution is 5.54. The molecule has 0 radical (unpaired) electrons. The molecule has 1 saturated heterocycles. The molecule has 0 bridgehead atoms. The van der Waals surface area contributed by atoms with Crippen LogP contribution >= 0.6 is 0 Å². The first-order valence-electron chi connectivity index (χ1n) is 7.88. The Kier molecular flexibility index (Phi) is 4.27. The number of hydrogen-bond acceptors (Lipinski definition) is 3. The number of rotatable bonds is 3. The highest BCUT2D eigenvalue weighted by Gasteiger charge is 2.26. The first-order valence-corrected chi connectivity index (χ1v) is 7.88. The maximum atomic E-state index is 5.55. The molecule has 0 aliphatic carbocycles. The zero-order valence-corrected chi connectivity index (χ0v) is 12.6. The average Bonchev–Trinajstić information content (AvgIpc) is 2.88. The Morgan fingerprint density at radius 1 is 1.35 bits per heavy atom. The number of anilines is 1. The topological polar surface area (TPSA) is 24.5 Å². The lowest BCUT2D eigenvalue weighted by Crippen LogP contribution is -2.43. The van der Waals surface area contributed by atoms with Crippen LogP contribution in [-0.2, 0) is 11.3 Å². The monoisotopic (exact) mass is 274 g/mol. The van der Waals surface area contributed by atoms with Crippen molar-refractivity contribution in [2.75, 3.05) is 31.2 Å². The van der Waals surface area contributed by atoms with E-state index in [-0.39, 0.29) is 0 Å². The third kappa shape index (κ3) is 2.99. The molecule has 1 N–H and O–H groups in total. The van der Waals surface area contributed by atoms with E-state index in [1.165, 1.54) is 17.7 Å². The maximum Gasteiger partial charge on any atom is 0.0512 e. The van der Waals surface area contributed by atoms with E-state index in [0.29, 0.717) is 17.9 Å². The van der Waals surface area contributed by atoms with E-state index in [1.54, 1.807) is 0 Å². The van der Waals surface area contributed by atoms with Gasteiger partial charge < -0.3 is 15.0 Å². The summed E-state index contributed by atoms with van der Waals surface area (Å²) in [6, 6.07) is 9.39. The first-order chi connectivity index (χ1) is 9.74. The number of nitrogens with zero attached hydrogens (tertiary/aromatic N) is 1.